The van der Waals surface area contributed by atoms with E-state index in [1.165, 1.54) is 0 Å². The number of alkyl halides is 1. The van der Waals surface area contributed by atoms with E-state index in [1.54, 1.807) is 0 Å². The predicted octanol–water partition coefficient (Wildman–Crippen LogP) is 2.51. The van der Waals surface area contributed by atoms with E-state index in [0.717, 1.165) is 12.0 Å². The Hall–Kier alpha value is -1.26. The SMILES string of the molecule is CC1CC(C(Cl)c2ccc3c(c2)C(=O)NCCO3)CO1. The van der Waals surface area contributed by atoms with E-state index in [1.807, 2.05) is 18.2 Å². The molecule has 2 heterocycles. The molecule has 0 aromatic heterocycles. The lowest BCUT2D eigenvalue weighted by Crippen LogP contribution is -2.24. The van der Waals surface area contributed by atoms with E-state index in [2.05, 4.69) is 12.2 Å². The summed E-state index contributed by atoms with van der Waals surface area (Å²) in [4.78, 5) is 12.0. The van der Waals surface area contributed by atoms with E-state index >= 15 is 0 Å². The number of fused-ring (bicyclic) bond motifs is 1. The molecule has 0 bridgehead atoms. The second kappa shape index (κ2) is 5.62. The van der Waals surface area contributed by atoms with Gasteiger partial charge in [-0.2, -0.15) is 0 Å². The van der Waals surface area contributed by atoms with Gasteiger partial charge in [0.1, 0.15) is 12.4 Å². The predicted molar refractivity (Wildman–Crippen MR) is 76.4 cm³/mol. The van der Waals surface area contributed by atoms with Gasteiger partial charge in [-0.05, 0) is 31.0 Å². The van der Waals surface area contributed by atoms with Crippen molar-refractivity contribution < 1.29 is 14.3 Å². The molecule has 4 nitrogen and oxygen atoms in total. The zero-order valence-electron chi connectivity index (χ0n) is 11.4. The van der Waals surface area contributed by atoms with Gasteiger partial charge in [0.2, 0.25) is 0 Å². The Morgan fingerprint density at radius 2 is 2.30 bits per heavy atom. The minimum Gasteiger partial charge on any atom is -0.491 e. The van der Waals surface area contributed by atoms with Crippen molar-refractivity contribution in [3.8, 4) is 5.75 Å². The third-order valence-corrected chi connectivity index (χ3v) is 4.46. The molecule has 5 heteroatoms. The van der Waals surface area contributed by atoms with Crippen molar-refractivity contribution in [2.45, 2.75) is 24.8 Å². The van der Waals surface area contributed by atoms with E-state index < -0.39 is 0 Å². The molecule has 1 fully saturated rings. The Morgan fingerprint density at radius 1 is 1.45 bits per heavy atom. The molecule has 3 atom stereocenters. The lowest BCUT2D eigenvalue weighted by Gasteiger charge is -2.17. The highest BCUT2D eigenvalue weighted by atomic mass is 35.5. The van der Waals surface area contributed by atoms with Crippen LogP contribution in [0.25, 0.3) is 0 Å². The van der Waals surface area contributed by atoms with Gasteiger partial charge in [-0.1, -0.05) is 6.07 Å². The molecule has 3 unspecified atom stereocenters. The topological polar surface area (TPSA) is 47.6 Å². The van der Waals surface area contributed by atoms with Gasteiger partial charge >= 0.3 is 0 Å². The Kier molecular flexibility index (Phi) is 3.85. The molecule has 20 heavy (non-hydrogen) atoms. The summed E-state index contributed by atoms with van der Waals surface area (Å²) >= 11 is 6.56. The molecule has 0 radical (unpaired) electrons. The molecular weight excluding hydrogens is 278 g/mol. The van der Waals surface area contributed by atoms with Crippen LogP contribution in [0.1, 0.15) is 34.6 Å². The van der Waals surface area contributed by atoms with Gasteiger partial charge in [-0.3, -0.25) is 4.79 Å². The smallest absolute Gasteiger partial charge is 0.255 e. The first kappa shape index (κ1) is 13.7. The van der Waals surface area contributed by atoms with Crippen molar-refractivity contribution in [1.29, 1.82) is 0 Å². The normalized spacial score (nSPS) is 27.2. The largest absolute Gasteiger partial charge is 0.491 e. The number of carbonyl (C=O) groups is 1. The third-order valence-electron chi connectivity index (χ3n) is 3.86. The van der Waals surface area contributed by atoms with Gasteiger partial charge in [0, 0.05) is 5.92 Å². The first-order valence-corrected chi connectivity index (χ1v) is 7.39. The van der Waals surface area contributed by atoms with E-state index in [0.29, 0.717) is 37.0 Å². The van der Waals surface area contributed by atoms with Gasteiger partial charge in [0.25, 0.3) is 5.91 Å². The minimum atomic E-state index is -0.138. The average Bonchev–Trinajstić information content (AvgIpc) is 2.80. The number of rotatable bonds is 2. The minimum absolute atomic E-state index is 0.0979. The maximum Gasteiger partial charge on any atom is 0.255 e. The molecule has 0 aliphatic carbocycles. The number of hydrogen-bond donors (Lipinski definition) is 1. The molecule has 1 aromatic carbocycles. The zero-order chi connectivity index (χ0) is 14.1. The van der Waals surface area contributed by atoms with Gasteiger partial charge < -0.3 is 14.8 Å². The second-order valence-electron chi connectivity index (χ2n) is 5.40. The van der Waals surface area contributed by atoms with Gasteiger partial charge in [0.15, 0.2) is 0 Å². The summed E-state index contributed by atoms with van der Waals surface area (Å²) in [7, 11) is 0. The van der Waals surface area contributed by atoms with E-state index in [4.69, 9.17) is 21.1 Å². The summed E-state index contributed by atoms with van der Waals surface area (Å²) in [5.74, 6) is 0.822. The van der Waals surface area contributed by atoms with Crippen LogP contribution in [0.15, 0.2) is 18.2 Å². The molecule has 1 saturated heterocycles. The maximum atomic E-state index is 12.0. The summed E-state index contributed by atoms with van der Waals surface area (Å²) < 4.78 is 11.1. The first-order valence-electron chi connectivity index (χ1n) is 6.96. The molecule has 2 aliphatic heterocycles. The second-order valence-corrected chi connectivity index (χ2v) is 5.87. The third kappa shape index (κ3) is 2.63. The lowest BCUT2D eigenvalue weighted by atomic mass is 9.95. The molecule has 1 N–H and O–H groups in total. The highest BCUT2D eigenvalue weighted by Gasteiger charge is 2.30. The van der Waals surface area contributed by atoms with Crippen LogP contribution >= 0.6 is 11.6 Å². The molecule has 1 amide bonds. The van der Waals surface area contributed by atoms with Crippen molar-refractivity contribution in [2.24, 2.45) is 5.92 Å². The summed E-state index contributed by atoms with van der Waals surface area (Å²) in [5, 5.41) is 2.67. The fourth-order valence-electron chi connectivity index (χ4n) is 2.77. The molecule has 1 aromatic rings. The van der Waals surface area contributed by atoms with Crippen LogP contribution in [0.4, 0.5) is 0 Å². The Balaban J connectivity index is 1.86. The van der Waals surface area contributed by atoms with Crippen LogP contribution in [-0.4, -0.2) is 31.8 Å². The highest BCUT2D eigenvalue weighted by molar-refractivity contribution is 6.21. The highest BCUT2D eigenvalue weighted by Crippen LogP contribution is 2.38. The standard InChI is InChI=1S/C15H18ClNO3/c1-9-6-11(8-20-9)14(16)10-2-3-13-12(7-10)15(18)17-4-5-19-13/h2-3,7,9,11,14H,4-6,8H2,1H3,(H,17,18). The number of hydrogen-bond acceptors (Lipinski definition) is 3. The van der Waals surface area contributed by atoms with Crippen LogP contribution in [0.5, 0.6) is 5.75 Å². The van der Waals surface area contributed by atoms with Crippen molar-refractivity contribution >= 4 is 17.5 Å². The number of amides is 1. The van der Waals surface area contributed by atoms with E-state index in [9.17, 15) is 4.79 Å². The van der Waals surface area contributed by atoms with Gasteiger partial charge in [-0.25, -0.2) is 0 Å². The Morgan fingerprint density at radius 3 is 3.05 bits per heavy atom. The molecule has 2 aliphatic rings. The van der Waals surface area contributed by atoms with Crippen LogP contribution in [0, 0.1) is 5.92 Å². The molecule has 0 saturated carbocycles. The molecule has 108 valence electrons. The number of benzene rings is 1. The number of carbonyl (C=O) groups excluding carboxylic acids is 1. The maximum absolute atomic E-state index is 12.0. The molecule has 3 rings (SSSR count). The van der Waals surface area contributed by atoms with Gasteiger partial charge in [-0.15, -0.1) is 11.6 Å². The molecular formula is C15H18ClNO3. The lowest BCUT2D eigenvalue weighted by molar-refractivity contribution is 0.0957. The fraction of sp³-hybridized carbons (Fsp3) is 0.533. The van der Waals surface area contributed by atoms with Crippen molar-refractivity contribution in [2.75, 3.05) is 19.8 Å². The summed E-state index contributed by atoms with van der Waals surface area (Å²) in [5.41, 5.74) is 1.52. The van der Waals surface area contributed by atoms with Crippen LogP contribution in [-0.2, 0) is 4.74 Å². The summed E-state index contributed by atoms with van der Waals surface area (Å²) in [6.07, 6.45) is 1.21. The van der Waals surface area contributed by atoms with E-state index in [-0.39, 0.29) is 17.4 Å². The quantitative estimate of drug-likeness (QED) is 0.853. The monoisotopic (exact) mass is 295 g/mol. The zero-order valence-corrected chi connectivity index (χ0v) is 12.2. The van der Waals surface area contributed by atoms with Gasteiger partial charge in [0.05, 0.1) is 30.2 Å². The fourth-order valence-corrected chi connectivity index (χ4v) is 3.08. The first-order chi connectivity index (χ1) is 9.65. The number of ether oxygens (including phenoxy) is 2. The van der Waals surface area contributed by atoms with Crippen LogP contribution in [0.3, 0.4) is 0 Å². The van der Waals surface area contributed by atoms with Crippen LogP contribution < -0.4 is 10.1 Å². The Bertz CT molecular complexity index is 520. The van der Waals surface area contributed by atoms with Crippen molar-refractivity contribution in [3.63, 3.8) is 0 Å². The summed E-state index contributed by atoms with van der Waals surface area (Å²) in [6, 6.07) is 5.62. The van der Waals surface area contributed by atoms with Crippen LogP contribution in [0.2, 0.25) is 0 Å². The number of nitrogens with one attached hydrogen (secondary N) is 1. The van der Waals surface area contributed by atoms with Crippen molar-refractivity contribution in [3.05, 3.63) is 29.3 Å². The average molecular weight is 296 g/mol. The number of halogens is 1. The summed E-state index contributed by atoms with van der Waals surface area (Å²) in [6.45, 7) is 3.76. The Labute approximate surface area is 123 Å². The molecule has 0 spiro atoms. The van der Waals surface area contributed by atoms with Crippen molar-refractivity contribution in [1.82, 2.24) is 5.32 Å².